The third-order valence-electron chi connectivity index (χ3n) is 1.47. The van der Waals surface area contributed by atoms with Crippen LogP contribution in [0.3, 0.4) is 0 Å². The number of aryl methyl sites for hydroxylation is 1. The molecule has 3 heteroatoms. The quantitative estimate of drug-likeness (QED) is 0.391. The molecule has 11 heavy (non-hydrogen) atoms. The first kappa shape index (κ1) is 8.27. The van der Waals surface area contributed by atoms with Crippen LogP contribution < -0.4 is 4.57 Å². The topological polar surface area (TPSA) is 20.9 Å². The third kappa shape index (κ3) is 2.05. The lowest BCUT2D eigenvalue weighted by atomic mass is 10.2. The van der Waals surface area contributed by atoms with Crippen molar-refractivity contribution in [3.05, 3.63) is 30.1 Å². The number of carbonyl (C=O) groups excluding carboxylic acids is 1. The van der Waals surface area contributed by atoms with E-state index in [1.54, 1.807) is 0 Å². The van der Waals surface area contributed by atoms with Crippen molar-refractivity contribution in [1.29, 1.82) is 0 Å². The molecule has 0 N–H and O–H groups in total. The predicted molar refractivity (Wildman–Crippen MR) is 45.4 cm³/mol. The summed E-state index contributed by atoms with van der Waals surface area (Å²) in [5.74, 6) is 0. The lowest BCUT2D eigenvalue weighted by Gasteiger charge is -1.99. The number of hydrogen-bond donors (Lipinski definition) is 1. The van der Waals surface area contributed by atoms with E-state index in [2.05, 4.69) is 12.6 Å². The Bertz CT molecular complexity index is 245. The van der Waals surface area contributed by atoms with Crippen LogP contribution in [0.1, 0.15) is 10.8 Å². The standard InChI is InChI=1S/C8H9NOS/c1-9-4-2-7(3-5-9)8(11)6-10/h2-6,8H,1H3/p+1. The molecule has 0 bridgehead atoms. The Morgan fingerprint density at radius 3 is 2.55 bits per heavy atom. The van der Waals surface area contributed by atoms with Crippen LogP contribution >= 0.6 is 12.6 Å². The van der Waals surface area contributed by atoms with Gasteiger partial charge in [-0.15, -0.1) is 0 Å². The van der Waals surface area contributed by atoms with Gasteiger partial charge in [-0.2, -0.15) is 12.6 Å². The van der Waals surface area contributed by atoms with Crippen LogP contribution in [0.5, 0.6) is 0 Å². The summed E-state index contributed by atoms with van der Waals surface area (Å²) in [7, 11) is 1.93. The van der Waals surface area contributed by atoms with E-state index in [0.717, 1.165) is 11.8 Å². The van der Waals surface area contributed by atoms with E-state index in [9.17, 15) is 4.79 Å². The Kier molecular flexibility index (Phi) is 2.65. The summed E-state index contributed by atoms with van der Waals surface area (Å²) in [5.41, 5.74) is 0.932. The van der Waals surface area contributed by atoms with Gasteiger partial charge < -0.3 is 4.79 Å². The number of rotatable bonds is 2. The number of thiol groups is 1. The molecule has 0 aliphatic carbocycles. The van der Waals surface area contributed by atoms with E-state index in [1.165, 1.54) is 0 Å². The van der Waals surface area contributed by atoms with Crippen molar-refractivity contribution in [3.63, 3.8) is 0 Å². The molecule has 0 saturated heterocycles. The van der Waals surface area contributed by atoms with Gasteiger partial charge in [0.1, 0.15) is 13.3 Å². The molecule has 1 heterocycles. The first-order valence-corrected chi connectivity index (χ1v) is 3.84. The zero-order valence-electron chi connectivity index (χ0n) is 6.27. The van der Waals surface area contributed by atoms with Crippen LogP contribution in [0.15, 0.2) is 24.5 Å². The molecule has 0 spiro atoms. The number of pyridine rings is 1. The molecule has 1 rings (SSSR count). The van der Waals surface area contributed by atoms with E-state index in [4.69, 9.17) is 0 Å². The summed E-state index contributed by atoms with van der Waals surface area (Å²) < 4.78 is 1.91. The molecule has 0 aliphatic rings. The number of nitrogens with zero attached hydrogens (tertiary/aromatic N) is 1. The summed E-state index contributed by atoms with van der Waals surface area (Å²) in [6.45, 7) is 0. The number of aromatic nitrogens is 1. The monoisotopic (exact) mass is 168 g/mol. The summed E-state index contributed by atoms with van der Waals surface area (Å²) >= 11 is 4.08. The van der Waals surface area contributed by atoms with Crippen LogP contribution in [-0.4, -0.2) is 6.29 Å². The van der Waals surface area contributed by atoms with E-state index < -0.39 is 0 Å². The Balaban J connectivity index is 2.89. The minimum absolute atomic E-state index is 0.295. The largest absolute Gasteiger partial charge is 0.302 e. The molecular weight excluding hydrogens is 158 g/mol. The number of carbonyl (C=O) groups is 1. The first-order valence-electron chi connectivity index (χ1n) is 3.32. The normalized spacial score (nSPS) is 12.5. The molecule has 0 aliphatic heterocycles. The highest BCUT2D eigenvalue weighted by Crippen LogP contribution is 2.14. The average molecular weight is 168 g/mol. The Morgan fingerprint density at radius 2 is 2.09 bits per heavy atom. The minimum Gasteiger partial charge on any atom is -0.302 e. The molecule has 0 radical (unpaired) electrons. The molecule has 1 aromatic rings. The molecule has 1 atom stereocenters. The maximum Gasteiger partial charge on any atom is 0.168 e. The van der Waals surface area contributed by atoms with Crippen molar-refractivity contribution in [3.8, 4) is 0 Å². The van der Waals surface area contributed by atoms with Gasteiger partial charge in [-0.05, 0) is 5.56 Å². The van der Waals surface area contributed by atoms with Gasteiger partial charge >= 0.3 is 0 Å². The average Bonchev–Trinajstić information content (AvgIpc) is 2.05. The molecule has 1 aromatic heterocycles. The fourth-order valence-corrected chi connectivity index (χ4v) is 0.960. The van der Waals surface area contributed by atoms with Gasteiger partial charge in [0, 0.05) is 12.1 Å². The highest BCUT2D eigenvalue weighted by molar-refractivity contribution is 7.81. The van der Waals surface area contributed by atoms with Crippen LogP contribution in [0.4, 0.5) is 0 Å². The molecule has 1 unspecified atom stereocenters. The van der Waals surface area contributed by atoms with Gasteiger partial charge in [-0.3, -0.25) is 0 Å². The second-order valence-electron chi connectivity index (χ2n) is 2.38. The Morgan fingerprint density at radius 1 is 1.55 bits per heavy atom. The van der Waals surface area contributed by atoms with Crippen molar-refractivity contribution in [2.24, 2.45) is 7.05 Å². The molecule has 0 amide bonds. The second kappa shape index (κ2) is 3.53. The van der Waals surface area contributed by atoms with Gasteiger partial charge in [0.2, 0.25) is 0 Å². The molecule has 0 aromatic carbocycles. The molecule has 58 valence electrons. The van der Waals surface area contributed by atoms with Crippen molar-refractivity contribution >= 4 is 18.9 Å². The fourth-order valence-electron chi connectivity index (χ4n) is 0.788. The van der Waals surface area contributed by atoms with E-state index in [0.29, 0.717) is 0 Å². The number of aldehydes is 1. The highest BCUT2D eigenvalue weighted by atomic mass is 32.1. The van der Waals surface area contributed by atoms with Crippen LogP contribution in [-0.2, 0) is 11.8 Å². The van der Waals surface area contributed by atoms with Crippen LogP contribution in [0, 0.1) is 0 Å². The van der Waals surface area contributed by atoms with Crippen molar-refractivity contribution in [1.82, 2.24) is 0 Å². The van der Waals surface area contributed by atoms with Crippen molar-refractivity contribution in [2.75, 3.05) is 0 Å². The highest BCUT2D eigenvalue weighted by Gasteiger charge is 2.04. The van der Waals surface area contributed by atoms with Gasteiger partial charge in [0.25, 0.3) is 0 Å². The Labute approximate surface area is 71.3 Å². The zero-order valence-corrected chi connectivity index (χ0v) is 7.16. The first-order chi connectivity index (χ1) is 5.24. The van der Waals surface area contributed by atoms with Gasteiger partial charge in [-0.25, -0.2) is 4.57 Å². The lowest BCUT2D eigenvalue weighted by Crippen LogP contribution is -2.26. The van der Waals surface area contributed by atoms with Gasteiger partial charge in [0.05, 0.1) is 5.25 Å². The summed E-state index contributed by atoms with van der Waals surface area (Å²) in [6.07, 6.45) is 4.60. The number of hydrogen-bond acceptors (Lipinski definition) is 2. The second-order valence-corrected chi connectivity index (χ2v) is 2.93. The van der Waals surface area contributed by atoms with E-state index >= 15 is 0 Å². The van der Waals surface area contributed by atoms with Crippen LogP contribution in [0.2, 0.25) is 0 Å². The van der Waals surface area contributed by atoms with E-state index in [-0.39, 0.29) is 5.25 Å². The van der Waals surface area contributed by atoms with Gasteiger partial charge in [-0.1, -0.05) is 0 Å². The lowest BCUT2D eigenvalue weighted by molar-refractivity contribution is -0.671. The zero-order chi connectivity index (χ0) is 8.27. The van der Waals surface area contributed by atoms with E-state index in [1.807, 2.05) is 36.1 Å². The SMILES string of the molecule is C[n+]1ccc(C(S)C=O)cc1. The smallest absolute Gasteiger partial charge is 0.168 e. The molecule has 0 saturated carbocycles. The molecular formula is C8H10NOS+. The van der Waals surface area contributed by atoms with Crippen molar-refractivity contribution < 1.29 is 9.36 Å². The Hall–Kier alpha value is -0.830. The molecule has 0 fully saturated rings. The summed E-state index contributed by atoms with van der Waals surface area (Å²) in [5, 5.41) is -0.295. The maximum absolute atomic E-state index is 10.3. The third-order valence-corrected chi connectivity index (χ3v) is 1.89. The van der Waals surface area contributed by atoms with Gasteiger partial charge in [0.15, 0.2) is 12.4 Å². The minimum atomic E-state index is -0.295. The van der Waals surface area contributed by atoms with Crippen LogP contribution in [0.25, 0.3) is 0 Å². The maximum atomic E-state index is 10.3. The molecule has 2 nitrogen and oxygen atoms in total. The van der Waals surface area contributed by atoms with Crippen molar-refractivity contribution in [2.45, 2.75) is 5.25 Å². The summed E-state index contributed by atoms with van der Waals surface area (Å²) in [6, 6.07) is 3.76. The fraction of sp³-hybridized carbons (Fsp3) is 0.250. The predicted octanol–water partition coefficient (Wildman–Crippen LogP) is 0.681. The summed E-state index contributed by atoms with van der Waals surface area (Å²) in [4.78, 5) is 10.3.